The molecular weight excluding hydrogens is 308 g/mol. The van der Waals surface area contributed by atoms with Crippen LogP contribution in [-0.4, -0.2) is 65.1 Å². The molecule has 1 aliphatic rings. The van der Waals surface area contributed by atoms with Crippen molar-refractivity contribution >= 4 is 29.0 Å². The van der Waals surface area contributed by atoms with Gasteiger partial charge in [0, 0.05) is 26.2 Å². The molecule has 1 N–H and O–H groups in total. The van der Waals surface area contributed by atoms with Crippen LogP contribution in [0, 0.1) is 6.92 Å². The largest absolute Gasteiger partial charge is 0.378 e. The first-order valence-corrected chi connectivity index (χ1v) is 8.79. The number of thioether (sulfide) groups is 1. The third kappa shape index (κ3) is 4.64. The topological polar surface area (TPSA) is 67.3 Å². The molecule has 1 aliphatic heterocycles. The Morgan fingerprint density at radius 1 is 1.52 bits per heavy atom. The molecule has 21 heavy (non-hydrogen) atoms. The molecular formula is C13H22N4O2S2. The van der Waals surface area contributed by atoms with E-state index in [1.165, 1.54) is 23.1 Å². The van der Waals surface area contributed by atoms with Gasteiger partial charge in [0.25, 0.3) is 0 Å². The van der Waals surface area contributed by atoms with Gasteiger partial charge < -0.3 is 10.1 Å². The summed E-state index contributed by atoms with van der Waals surface area (Å²) in [5, 5.41) is 11.9. The number of carbonyl (C=O) groups excluding carboxylic acids is 1. The number of aryl methyl sites for hydroxylation is 1. The van der Waals surface area contributed by atoms with Gasteiger partial charge in [0.15, 0.2) is 4.34 Å². The number of methoxy groups -OCH3 is 1. The Labute approximate surface area is 133 Å². The molecule has 1 amide bonds. The third-order valence-corrected chi connectivity index (χ3v) is 5.48. The summed E-state index contributed by atoms with van der Waals surface area (Å²) in [6, 6.07) is 0.518. The van der Waals surface area contributed by atoms with Crippen LogP contribution in [-0.2, 0) is 9.53 Å². The molecule has 0 spiro atoms. The highest BCUT2D eigenvalue weighted by Crippen LogP contribution is 2.22. The van der Waals surface area contributed by atoms with E-state index in [2.05, 4.69) is 34.3 Å². The number of ether oxygens (including phenoxy) is 1. The average molecular weight is 330 g/mol. The van der Waals surface area contributed by atoms with Crippen molar-refractivity contribution in [3.63, 3.8) is 0 Å². The van der Waals surface area contributed by atoms with Gasteiger partial charge in [-0.05, 0) is 20.8 Å². The van der Waals surface area contributed by atoms with Crippen LogP contribution >= 0.6 is 23.1 Å². The first kappa shape index (κ1) is 16.7. The zero-order valence-electron chi connectivity index (χ0n) is 12.8. The number of nitrogens with one attached hydrogen (secondary N) is 1. The van der Waals surface area contributed by atoms with E-state index in [1.54, 1.807) is 7.11 Å². The maximum absolute atomic E-state index is 12.1. The van der Waals surface area contributed by atoms with E-state index in [0.717, 1.165) is 22.4 Å². The van der Waals surface area contributed by atoms with E-state index in [9.17, 15) is 4.79 Å². The zero-order chi connectivity index (χ0) is 15.4. The van der Waals surface area contributed by atoms with Crippen LogP contribution in [0.3, 0.4) is 0 Å². The second-order valence-corrected chi connectivity index (χ2v) is 7.78. The smallest absolute Gasteiger partial charge is 0.230 e. The lowest BCUT2D eigenvalue weighted by Gasteiger charge is -2.19. The van der Waals surface area contributed by atoms with Crippen molar-refractivity contribution < 1.29 is 9.53 Å². The van der Waals surface area contributed by atoms with E-state index < -0.39 is 0 Å². The van der Waals surface area contributed by atoms with Crippen LogP contribution in [0.5, 0.6) is 0 Å². The van der Waals surface area contributed by atoms with Crippen molar-refractivity contribution in [3.05, 3.63) is 5.01 Å². The zero-order valence-corrected chi connectivity index (χ0v) is 14.5. The summed E-state index contributed by atoms with van der Waals surface area (Å²) in [7, 11) is 1.70. The molecule has 0 bridgehead atoms. The van der Waals surface area contributed by atoms with Crippen molar-refractivity contribution in [2.24, 2.45) is 0 Å². The maximum atomic E-state index is 12.1. The highest BCUT2D eigenvalue weighted by atomic mass is 32.2. The Hall–Kier alpha value is -0.700. The van der Waals surface area contributed by atoms with E-state index >= 15 is 0 Å². The predicted octanol–water partition coefficient (Wildman–Crippen LogP) is 1.16. The van der Waals surface area contributed by atoms with E-state index in [-0.39, 0.29) is 18.1 Å². The molecule has 8 heteroatoms. The van der Waals surface area contributed by atoms with Crippen molar-refractivity contribution in [2.45, 2.75) is 43.3 Å². The van der Waals surface area contributed by atoms with Gasteiger partial charge in [-0.15, -0.1) is 10.2 Å². The Morgan fingerprint density at radius 2 is 2.29 bits per heavy atom. The highest BCUT2D eigenvalue weighted by molar-refractivity contribution is 8.01. The van der Waals surface area contributed by atoms with Gasteiger partial charge in [-0.25, -0.2) is 0 Å². The minimum atomic E-state index is 0.0190. The SMILES string of the molecule is CO[C@H]1CN(C(C)C)C[C@@H]1NC(=O)CSc1nnc(C)s1. The molecule has 1 aromatic heterocycles. The van der Waals surface area contributed by atoms with Crippen molar-refractivity contribution in [3.8, 4) is 0 Å². The minimum Gasteiger partial charge on any atom is -0.378 e. The van der Waals surface area contributed by atoms with Crippen LogP contribution < -0.4 is 5.32 Å². The fourth-order valence-electron chi connectivity index (χ4n) is 2.31. The molecule has 0 unspecified atom stereocenters. The summed E-state index contributed by atoms with van der Waals surface area (Å²) in [6.45, 7) is 7.92. The van der Waals surface area contributed by atoms with Gasteiger partial charge >= 0.3 is 0 Å². The average Bonchev–Trinajstić information content (AvgIpc) is 3.02. The molecule has 1 fully saturated rings. The number of hydrogen-bond acceptors (Lipinski definition) is 7. The predicted molar refractivity (Wildman–Crippen MR) is 84.8 cm³/mol. The quantitative estimate of drug-likeness (QED) is 0.790. The Bertz CT molecular complexity index is 480. The maximum Gasteiger partial charge on any atom is 0.230 e. The van der Waals surface area contributed by atoms with Gasteiger partial charge in [-0.3, -0.25) is 9.69 Å². The summed E-state index contributed by atoms with van der Waals surface area (Å²) in [5.41, 5.74) is 0. The van der Waals surface area contributed by atoms with Crippen molar-refractivity contribution in [1.82, 2.24) is 20.4 Å². The molecule has 1 aromatic rings. The second-order valence-electron chi connectivity index (χ2n) is 5.37. The van der Waals surface area contributed by atoms with Crippen LogP contribution in [0.2, 0.25) is 0 Å². The lowest BCUT2D eigenvalue weighted by molar-refractivity contribution is -0.119. The molecule has 2 rings (SSSR count). The Kier molecular flexibility index (Phi) is 5.98. The highest BCUT2D eigenvalue weighted by Gasteiger charge is 2.34. The van der Waals surface area contributed by atoms with Gasteiger partial charge in [-0.1, -0.05) is 23.1 Å². The molecule has 0 saturated carbocycles. The Balaban J connectivity index is 1.81. The number of amides is 1. The molecule has 1 saturated heterocycles. The number of aromatic nitrogens is 2. The van der Waals surface area contributed by atoms with Crippen molar-refractivity contribution in [1.29, 1.82) is 0 Å². The number of rotatable bonds is 6. The van der Waals surface area contributed by atoms with E-state index in [1.807, 2.05) is 6.92 Å². The lowest BCUT2D eigenvalue weighted by atomic mass is 10.2. The number of likely N-dealkylation sites (tertiary alicyclic amines) is 1. The fourth-order valence-corrected chi connectivity index (χ4v) is 3.94. The standard InChI is InChI=1S/C13H22N4O2S2/c1-8(2)17-5-10(11(6-17)19-4)14-12(18)7-20-13-16-15-9(3)21-13/h8,10-11H,5-7H2,1-4H3,(H,14,18)/t10-,11-/m0/s1. The second kappa shape index (κ2) is 7.53. The summed E-state index contributed by atoms with van der Waals surface area (Å²) >= 11 is 2.94. The number of hydrogen-bond donors (Lipinski definition) is 1. The number of nitrogens with zero attached hydrogens (tertiary/aromatic N) is 3. The van der Waals surface area contributed by atoms with Gasteiger partial charge in [0.1, 0.15) is 5.01 Å². The molecule has 118 valence electrons. The lowest BCUT2D eigenvalue weighted by Crippen LogP contribution is -2.44. The van der Waals surface area contributed by atoms with Crippen LogP contribution in [0.25, 0.3) is 0 Å². The summed E-state index contributed by atoms with van der Waals surface area (Å²) < 4.78 is 6.32. The van der Waals surface area contributed by atoms with E-state index in [0.29, 0.717) is 11.8 Å². The molecule has 6 nitrogen and oxygen atoms in total. The first-order chi connectivity index (χ1) is 9.99. The summed E-state index contributed by atoms with van der Waals surface area (Å²) in [5.74, 6) is 0.383. The molecule has 0 radical (unpaired) electrons. The minimum absolute atomic E-state index is 0.0190. The van der Waals surface area contributed by atoms with Crippen molar-refractivity contribution in [2.75, 3.05) is 26.0 Å². The van der Waals surface area contributed by atoms with Crippen LogP contribution in [0.4, 0.5) is 0 Å². The first-order valence-electron chi connectivity index (χ1n) is 6.98. The third-order valence-electron chi connectivity index (χ3n) is 3.51. The van der Waals surface area contributed by atoms with E-state index in [4.69, 9.17) is 4.74 Å². The van der Waals surface area contributed by atoms with Gasteiger partial charge in [0.05, 0.1) is 17.9 Å². The molecule has 0 aromatic carbocycles. The molecule has 2 atom stereocenters. The van der Waals surface area contributed by atoms with Crippen LogP contribution in [0.15, 0.2) is 4.34 Å². The molecule has 2 heterocycles. The number of carbonyl (C=O) groups is 1. The monoisotopic (exact) mass is 330 g/mol. The fraction of sp³-hybridized carbons (Fsp3) is 0.769. The normalized spacial score (nSPS) is 22.9. The van der Waals surface area contributed by atoms with Crippen LogP contribution in [0.1, 0.15) is 18.9 Å². The summed E-state index contributed by atoms with van der Waals surface area (Å²) in [4.78, 5) is 14.4. The molecule has 0 aliphatic carbocycles. The van der Waals surface area contributed by atoms with Gasteiger partial charge in [-0.2, -0.15) is 0 Å². The summed E-state index contributed by atoms with van der Waals surface area (Å²) in [6.07, 6.45) is 0.0603. The van der Waals surface area contributed by atoms with Gasteiger partial charge in [0.2, 0.25) is 5.91 Å². The Morgan fingerprint density at radius 3 is 2.86 bits per heavy atom.